The van der Waals surface area contributed by atoms with E-state index in [1.54, 1.807) is 18.3 Å². The van der Waals surface area contributed by atoms with Crippen LogP contribution in [-0.4, -0.2) is 40.5 Å². The van der Waals surface area contributed by atoms with Crippen molar-refractivity contribution in [3.05, 3.63) is 76.5 Å². The number of para-hydroxylation sites is 1. The second kappa shape index (κ2) is 8.37. The van der Waals surface area contributed by atoms with Crippen LogP contribution in [0.5, 0.6) is 0 Å². The molecule has 158 valence electrons. The van der Waals surface area contributed by atoms with Crippen LogP contribution < -0.4 is 5.32 Å². The zero-order valence-corrected chi connectivity index (χ0v) is 17.6. The molecule has 0 aliphatic carbocycles. The van der Waals surface area contributed by atoms with Crippen molar-refractivity contribution in [1.82, 2.24) is 0 Å². The molecule has 0 spiro atoms. The molecule has 1 aliphatic heterocycles. The lowest BCUT2D eigenvalue weighted by Crippen LogP contribution is -2.28. The van der Waals surface area contributed by atoms with Crippen LogP contribution in [0.25, 0.3) is 0 Å². The van der Waals surface area contributed by atoms with Crippen LogP contribution in [-0.2, 0) is 15.5 Å². The SMILES string of the molecule is CC1(C)C(/C=C/Nc2ccccc2)=[N+](CCCS(=O)(=O)O)c2ccc([N+](=O)[O-])cc21. The van der Waals surface area contributed by atoms with Crippen LogP contribution in [0.15, 0.2) is 60.8 Å². The average Bonchev–Trinajstić information content (AvgIpc) is 2.88. The summed E-state index contributed by atoms with van der Waals surface area (Å²) in [6, 6.07) is 14.3. The smallest absolute Gasteiger partial charge is 0.270 e. The summed E-state index contributed by atoms with van der Waals surface area (Å²) in [4.78, 5) is 10.8. The molecule has 0 atom stereocenters. The number of nitrogens with one attached hydrogen (secondary N) is 1. The maximum Gasteiger partial charge on any atom is 0.270 e. The summed E-state index contributed by atoms with van der Waals surface area (Å²) in [7, 11) is -4.07. The van der Waals surface area contributed by atoms with Gasteiger partial charge >= 0.3 is 0 Å². The third-order valence-electron chi connectivity index (χ3n) is 5.14. The summed E-state index contributed by atoms with van der Waals surface area (Å²) < 4.78 is 33.3. The van der Waals surface area contributed by atoms with E-state index < -0.39 is 20.5 Å². The van der Waals surface area contributed by atoms with Gasteiger partial charge < -0.3 is 5.32 Å². The second-order valence-electron chi connectivity index (χ2n) is 7.60. The average molecular weight is 431 g/mol. The largest absolute Gasteiger partial charge is 0.361 e. The first-order valence-electron chi connectivity index (χ1n) is 9.47. The molecule has 0 saturated carbocycles. The Morgan fingerprint density at radius 3 is 2.53 bits per heavy atom. The molecule has 0 radical (unpaired) electrons. The first kappa shape index (κ1) is 21.7. The summed E-state index contributed by atoms with van der Waals surface area (Å²) in [5, 5.41) is 14.4. The van der Waals surface area contributed by atoms with Gasteiger partial charge in [-0.05, 0) is 26.0 Å². The van der Waals surface area contributed by atoms with Gasteiger partial charge in [-0.2, -0.15) is 13.0 Å². The predicted octanol–water partition coefficient (Wildman–Crippen LogP) is 3.87. The fourth-order valence-corrected chi connectivity index (χ4v) is 4.17. The monoisotopic (exact) mass is 430 g/mol. The minimum Gasteiger partial charge on any atom is -0.361 e. The number of hydrogen-bond acceptors (Lipinski definition) is 5. The lowest BCUT2D eigenvalue weighted by atomic mass is 9.81. The summed E-state index contributed by atoms with van der Waals surface area (Å²) in [5.74, 6) is -0.356. The van der Waals surface area contributed by atoms with E-state index in [9.17, 15) is 18.5 Å². The van der Waals surface area contributed by atoms with Crippen molar-refractivity contribution >= 4 is 32.9 Å². The number of rotatable bonds is 8. The van der Waals surface area contributed by atoms with Gasteiger partial charge in [-0.15, -0.1) is 0 Å². The Balaban J connectivity index is 1.97. The number of nitro groups is 1. The molecule has 9 heteroatoms. The fraction of sp³-hybridized carbons (Fsp3) is 0.286. The first-order chi connectivity index (χ1) is 14.1. The summed E-state index contributed by atoms with van der Waals surface area (Å²) in [6.07, 6.45) is 3.91. The quantitative estimate of drug-likeness (QED) is 0.284. The van der Waals surface area contributed by atoms with Gasteiger partial charge in [0.05, 0.1) is 16.1 Å². The van der Waals surface area contributed by atoms with E-state index >= 15 is 0 Å². The molecule has 0 unspecified atom stereocenters. The van der Waals surface area contributed by atoms with Crippen molar-refractivity contribution in [2.24, 2.45) is 0 Å². The van der Waals surface area contributed by atoms with Crippen LogP contribution in [0, 0.1) is 10.1 Å². The third kappa shape index (κ3) is 4.74. The molecule has 0 aromatic heterocycles. The maximum atomic E-state index is 11.3. The van der Waals surface area contributed by atoms with E-state index in [0.717, 1.165) is 22.6 Å². The molecule has 8 nitrogen and oxygen atoms in total. The maximum absolute atomic E-state index is 11.3. The number of nitro benzene ring substituents is 1. The van der Waals surface area contributed by atoms with Crippen molar-refractivity contribution < 1.29 is 22.5 Å². The Kier molecular flexibility index (Phi) is 6.04. The molecule has 0 fully saturated rings. The molecule has 2 aromatic rings. The Morgan fingerprint density at radius 2 is 1.90 bits per heavy atom. The number of nitrogens with zero attached hydrogens (tertiary/aromatic N) is 2. The molecular weight excluding hydrogens is 406 g/mol. The Bertz CT molecular complexity index is 1120. The van der Waals surface area contributed by atoms with E-state index in [0.29, 0.717) is 6.54 Å². The normalized spacial score (nSPS) is 15.4. The van der Waals surface area contributed by atoms with Gasteiger partial charge in [0.2, 0.25) is 5.69 Å². The number of allylic oxidation sites excluding steroid dienone is 1. The van der Waals surface area contributed by atoms with Gasteiger partial charge in [0.1, 0.15) is 6.54 Å². The van der Waals surface area contributed by atoms with Crippen LogP contribution in [0.3, 0.4) is 0 Å². The highest BCUT2D eigenvalue weighted by Gasteiger charge is 2.45. The van der Waals surface area contributed by atoms with E-state index in [1.165, 1.54) is 6.07 Å². The molecule has 0 bridgehead atoms. The van der Waals surface area contributed by atoms with Crippen molar-refractivity contribution in [3.63, 3.8) is 0 Å². The first-order valence-corrected chi connectivity index (χ1v) is 11.1. The highest BCUT2D eigenvalue weighted by atomic mass is 32.2. The van der Waals surface area contributed by atoms with Crippen molar-refractivity contribution in [3.8, 4) is 0 Å². The van der Waals surface area contributed by atoms with Crippen LogP contribution in [0.4, 0.5) is 17.1 Å². The molecular formula is C21H24N3O5S+. The molecule has 30 heavy (non-hydrogen) atoms. The fourth-order valence-electron chi connectivity index (χ4n) is 3.67. The molecule has 2 aromatic carbocycles. The topological polar surface area (TPSA) is 113 Å². The van der Waals surface area contributed by atoms with Crippen molar-refractivity contribution in [1.29, 1.82) is 0 Å². The van der Waals surface area contributed by atoms with E-state index in [4.69, 9.17) is 4.55 Å². The standard InChI is InChI=1S/C21H23N3O5S/c1-21(2)18-15-17(24(25)26)9-10-19(18)23(13-6-14-30(27,28)29)20(21)11-12-22-16-7-4-3-5-8-16/h3-5,7-12,15H,6,13-14H2,1-2H3,(H,27,28,29)/p+1. The van der Waals surface area contributed by atoms with Gasteiger partial charge in [0.25, 0.3) is 15.8 Å². The molecule has 0 amide bonds. The van der Waals surface area contributed by atoms with Crippen molar-refractivity contribution in [2.75, 3.05) is 17.6 Å². The highest BCUT2D eigenvalue weighted by Crippen LogP contribution is 2.41. The Hall–Kier alpha value is -3.04. The van der Waals surface area contributed by atoms with Gasteiger partial charge in [-0.25, -0.2) is 0 Å². The zero-order chi connectivity index (χ0) is 21.9. The van der Waals surface area contributed by atoms with Crippen LogP contribution in [0.2, 0.25) is 0 Å². The van der Waals surface area contributed by atoms with E-state index in [-0.39, 0.29) is 17.9 Å². The summed E-state index contributed by atoms with van der Waals surface area (Å²) in [5.41, 5.74) is 2.84. The molecule has 1 aliphatic rings. The Morgan fingerprint density at radius 1 is 1.20 bits per heavy atom. The lowest BCUT2D eigenvalue weighted by molar-refractivity contribution is -0.437. The summed E-state index contributed by atoms with van der Waals surface area (Å²) in [6.45, 7) is 4.29. The van der Waals surface area contributed by atoms with Crippen LogP contribution >= 0.6 is 0 Å². The highest BCUT2D eigenvalue weighted by molar-refractivity contribution is 7.85. The minimum atomic E-state index is -4.07. The summed E-state index contributed by atoms with van der Waals surface area (Å²) >= 11 is 0. The van der Waals surface area contributed by atoms with Crippen LogP contribution in [0.1, 0.15) is 25.8 Å². The number of non-ortho nitro benzene ring substituents is 1. The van der Waals surface area contributed by atoms with Crippen molar-refractivity contribution in [2.45, 2.75) is 25.7 Å². The molecule has 0 saturated heterocycles. The van der Waals surface area contributed by atoms with E-state index in [1.807, 2.05) is 54.8 Å². The second-order valence-corrected chi connectivity index (χ2v) is 9.18. The lowest BCUT2D eigenvalue weighted by Gasteiger charge is -2.15. The number of anilines is 1. The number of fused-ring (bicyclic) bond motifs is 1. The zero-order valence-electron chi connectivity index (χ0n) is 16.8. The van der Waals surface area contributed by atoms with Gasteiger partial charge in [0.15, 0.2) is 5.71 Å². The van der Waals surface area contributed by atoms with Gasteiger partial charge in [-0.3, -0.25) is 14.7 Å². The molecule has 2 N–H and O–H groups in total. The predicted molar refractivity (Wildman–Crippen MR) is 116 cm³/mol. The molecule has 1 heterocycles. The van der Waals surface area contributed by atoms with E-state index in [2.05, 4.69) is 5.32 Å². The number of hydrogen-bond donors (Lipinski definition) is 2. The third-order valence-corrected chi connectivity index (χ3v) is 5.94. The van der Waals surface area contributed by atoms with Gasteiger partial charge in [0, 0.05) is 48.1 Å². The molecule has 3 rings (SSSR count). The Labute approximate surface area is 175 Å². The van der Waals surface area contributed by atoms with Gasteiger partial charge in [-0.1, -0.05) is 18.2 Å². The number of benzene rings is 2. The minimum absolute atomic E-state index is 0.00681.